The number of carbonyl (C=O) groups is 1. The molecule has 0 aliphatic carbocycles. The van der Waals surface area contributed by atoms with Crippen LogP contribution in [0.4, 0.5) is 14.6 Å². The van der Waals surface area contributed by atoms with Crippen LogP contribution in [0.1, 0.15) is 5.56 Å². The van der Waals surface area contributed by atoms with Gasteiger partial charge in [-0.15, -0.1) is 0 Å². The quantitative estimate of drug-likeness (QED) is 0.942. The van der Waals surface area contributed by atoms with Gasteiger partial charge in [-0.05, 0) is 6.07 Å². The number of amides is 1. The predicted molar refractivity (Wildman–Crippen MR) is 65.7 cm³/mol. The SMILES string of the molecule is O=C(Cc1cccc(F)c1F)Nc1cncc(Cl)n1. The second-order valence-corrected chi connectivity index (χ2v) is 4.05. The molecule has 98 valence electrons. The molecule has 0 spiro atoms. The van der Waals surface area contributed by atoms with Crippen molar-refractivity contribution in [2.45, 2.75) is 6.42 Å². The molecule has 1 N–H and O–H groups in total. The van der Waals surface area contributed by atoms with Crippen LogP contribution in [0, 0.1) is 11.6 Å². The lowest BCUT2D eigenvalue weighted by Crippen LogP contribution is -2.16. The molecule has 1 heterocycles. The second-order valence-electron chi connectivity index (χ2n) is 3.66. The topological polar surface area (TPSA) is 54.9 Å². The van der Waals surface area contributed by atoms with E-state index < -0.39 is 17.5 Å². The first-order chi connectivity index (χ1) is 9.06. The maximum absolute atomic E-state index is 13.4. The van der Waals surface area contributed by atoms with E-state index in [9.17, 15) is 13.6 Å². The summed E-state index contributed by atoms with van der Waals surface area (Å²) in [4.78, 5) is 19.2. The fourth-order valence-electron chi connectivity index (χ4n) is 1.45. The fraction of sp³-hybridized carbons (Fsp3) is 0.0833. The number of aromatic nitrogens is 2. The summed E-state index contributed by atoms with van der Waals surface area (Å²) in [5, 5.41) is 2.51. The van der Waals surface area contributed by atoms with Crippen LogP contribution < -0.4 is 5.32 Å². The molecule has 0 radical (unpaired) electrons. The number of hydrogen-bond donors (Lipinski definition) is 1. The van der Waals surface area contributed by atoms with Gasteiger partial charge in [0.2, 0.25) is 5.91 Å². The molecule has 0 bridgehead atoms. The van der Waals surface area contributed by atoms with Crippen LogP contribution in [-0.2, 0) is 11.2 Å². The minimum Gasteiger partial charge on any atom is -0.309 e. The Kier molecular flexibility index (Phi) is 4.01. The highest BCUT2D eigenvalue weighted by Crippen LogP contribution is 2.13. The fourth-order valence-corrected chi connectivity index (χ4v) is 1.59. The Labute approximate surface area is 112 Å². The highest BCUT2D eigenvalue weighted by atomic mass is 35.5. The van der Waals surface area contributed by atoms with Crippen molar-refractivity contribution in [1.82, 2.24) is 9.97 Å². The normalized spacial score (nSPS) is 10.3. The zero-order valence-electron chi connectivity index (χ0n) is 9.53. The van der Waals surface area contributed by atoms with Gasteiger partial charge in [-0.1, -0.05) is 23.7 Å². The maximum atomic E-state index is 13.4. The summed E-state index contributed by atoms with van der Waals surface area (Å²) in [6.45, 7) is 0. The van der Waals surface area contributed by atoms with E-state index in [0.29, 0.717) is 0 Å². The van der Waals surface area contributed by atoms with Gasteiger partial charge in [0.15, 0.2) is 17.5 Å². The molecule has 19 heavy (non-hydrogen) atoms. The van der Waals surface area contributed by atoms with E-state index in [0.717, 1.165) is 6.07 Å². The Bertz CT molecular complexity index is 622. The van der Waals surface area contributed by atoms with E-state index in [1.807, 2.05) is 0 Å². The zero-order chi connectivity index (χ0) is 13.8. The minimum atomic E-state index is -1.03. The molecule has 7 heteroatoms. The Morgan fingerprint density at radius 1 is 1.32 bits per heavy atom. The molecular weight excluding hydrogens is 276 g/mol. The van der Waals surface area contributed by atoms with Gasteiger partial charge in [0.1, 0.15) is 5.15 Å². The number of nitrogens with zero attached hydrogens (tertiary/aromatic N) is 2. The van der Waals surface area contributed by atoms with Crippen molar-refractivity contribution < 1.29 is 13.6 Å². The molecule has 0 saturated heterocycles. The smallest absolute Gasteiger partial charge is 0.230 e. The highest BCUT2D eigenvalue weighted by Gasteiger charge is 2.12. The van der Waals surface area contributed by atoms with Crippen LogP contribution in [0.25, 0.3) is 0 Å². The Morgan fingerprint density at radius 2 is 2.11 bits per heavy atom. The molecule has 0 saturated carbocycles. The van der Waals surface area contributed by atoms with Crippen LogP contribution in [0.15, 0.2) is 30.6 Å². The van der Waals surface area contributed by atoms with Gasteiger partial charge in [0.05, 0.1) is 18.8 Å². The molecule has 1 amide bonds. The number of benzene rings is 1. The van der Waals surface area contributed by atoms with E-state index >= 15 is 0 Å². The van der Waals surface area contributed by atoms with Crippen molar-refractivity contribution in [3.8, 4) is 0 Å². The van der Waals surface area contributed by atoms with Gasteiger partial charge < -0.3 is 5.32 Å². The summed E-state index contributed by atoms with van der Waals surface area (Å²) < 4.78 is 26.3. The van der Waals surface area contributed by atoms with Gasteiger partial charge in [0.25, 0.3) is 0 Å². The van der Waals surface area contributed by atoms with Crippen LogP contribution in [0.5, 0.6) is 0 Å². The summed E-state index contributed by atoms with van der Waals surface area (Å²) in [5.74, 6) is -2.42. The lowest BCUT2D eigenvalue weighted by molar-refractivity contribution is -0.115. The van der Waals surface area contributed by atoms with Gasteiger partial charge in [-0.25, -0.2) is 13.8 Å². The van der Waals surface area contributed by atoms with E-state index in [4.69, 9.17) is 11.6 Å². The molecule has 0 aliphatic rings. The third-order valence-electron chi connectivity index (χ3n) is 2.26. The molecule has 1 aromatic carbocycles. The van der Waals surface area contributed by atoms with Crippen molar-refractivity contribution in [2.24, 2.45) is 0 Å². The molecule has 1 aromatic heterocycles. The number of halogens is 3. The summed E-state index contributed by atoms with van der Waals surface area (Å²) in [5.41, 5.74) is -0.0347. The van der Waals surface area contributed by atoms with Crippen LogP contribution in [-0.4, -0.2) is 15.9 Å². The molecule has 2 aromatic rings. The molecule has 0 fully saturated rings. The molecule has 0 aliphatic heterocycles. The molecule has 0 unspecified atom stereocenters. The van der Waals surface area contributed by atoms with E-state index in [1.54, 1.807) is 0 Å². The lowest BCUT2D eigenvalue weighted by atomic mass is 10.1. The van der Waals surface area contributed by atoms with E-state index in [1.165, 1.54) is 24.5 Å². The Balaban J connectivity index is 2.08. The third-order valence-corrected chi connectivity index (χ3v) is 2.44. The first kappa shape index (κ1) is 13.4. The standard InChI is InChI=1S/C12H8ClF2N3O/c13-9-5-16-6-10(17-9)18-11(19)4-7-2-1-3-8(14)12(7)15/h1-3,5-6H,4H2,(H,17,18,19). The zero-order valence-corrected chi connectivity index (χ0v) is 10.3. The van der Waals surface area contributed by atoms with Gasteiger partial charge in [-0.3, -0.25) is 9.78 Å². The number of carbonyl (C=O) groups excluding carboxylic acids is 1. The minimum absolute atomic E-state index is 0.0347. The average molecular weight is 284 g/mol. The summed E-state index contributed by atoms with van der Waals surface area (Å²) in [6.07, 6.45) is 2.30. The first-order valence-electron chi connectivity index (χ1n) is 5.26. The third kappa shape index (κ3) is 3.45. The van der Waals surface area contributed by atoms with Crippen LogP contribution >= 0.6 is 11.6 Å². The molecule has 0 atom stereocenters. The lowest BCUT2D eigenvalue weighted by Gasteiger charge is -2.05. The van der Waals surface area contributed by atoms with Gasteiger partial charge in [-0.2, -0.15) is 0 Å². The summed E-state index contributed by atoms with van der Waals surface area (Å²) in [6, 6.07) is 3.65. The molecule has 2 rings (SSSR count). The summed E-state index contributed by atoms with van der Waals surface area (Å²) >= 11 is 5.60. The molecule has 4 nitrogen and oxygen atoms in total. The van der Waals surface area contributed by atoms with Crippen molar-refractivity contribution in [1.29, 1.82) is 0 Å². The van der Waals surface area contributed by atoms with Crippen molar-refractivity contribution >= 4 is 23.3 Å². The van der Waals surface area contributed by atoms with Crippen LogP contribution in [0.3, 0.4) is 0 Å². The average Bonchev–Trinajstić information content (AvgIpc) is 2.35. The highest BCUT2D eigenvalue weighted by molar-refractivity contribution is 6.29. The Hall–Kier alpha value is -2.08. The summed E-state index contributed by atoms with van der Waals surface area (Å²) in [7, 11) is 0. The predicted octanol–water partition coefficient (Wildman–Crippen LogP) is 2.59. The number of hydrogen-bond acceptors (Lipinski definition) is 3. The van der Waals surface area contributed by atoms with E-state index in [2.05, 4.69) is 15.3 Å². The first-order valence-corrected chi connectivity index (χ1v) is 5.64. The van der Waals surface area contributed by atoms with Crippen molar-refractivity contribution in [3.63, 3.8) is 0 Å². The van der Waals surface area contributed by atoms with Crippen LogP contribution in [0.2, 0.25) is 5.15 Å². The number of anilines is 1. The van der Waals surface area contributed by atoms with Gasteiger partial charge in [0, 0.05) is 5.56 Å². The number of nitrogens with one attached hydrogen (secondary N) is 1. The van der Waals surface area contributed by atoms with E-state index in [-0.39, 0.29) is 23.0 Å². The monoisotopic (exact) mass is 283 g/mol. The largest absolute Gasteiger partial charge is 0.309 e. The number of rotatable bonds is 3. The second kappa shape index (κ2) is 5.71. The van der Waals surface area contributed by atoms with Crippen molar-refractivity contribution in [2.75, 3.05) is 5.32 Å². The Morgan fingerprint density at radius 3 is 2.84 bits per heavy atom. The van der Waals surface area contributed by atoms with Crippen molar-refractivity contribution in [3.05, 3.63) is 52.9 Å². The maximum Gasteiger partial charge on any atom is 0.230 e. The molecular formula is C12H8ClF2N3O. The van der Waals surface area contributed by atoms with Gasteiger partial charge >= 0.3 is 0 Å².